The van der Waals surface area contributed by atoms with Crippen LogP contribution in [0.3, 0.4) is 0 Å². The molecule has 140 valence electrons. The molecule has 1 heterocycles. The van der Waals surface area contributed by atoms with Crippen molar-refractivity contribution in [2.75, 3.05) is 6.61 Å². The van der Waals surface area contributed by atoms with E-state index in [-0.39, 0.29) is 6.61 Å². The Morgan fingerprint density at radius 1 is 1.26 bits per heavy atom. The monoisotopic (exact) mass is 560 g/mol. The predicted molar refractivity (Wildman–Crippen MR) is 115 cm³/mol. The molecule has 0 aliphatic carbocycles. The predicted octanol–water partition coefficient (Wildman–Crippen LogP) is 5.21. The Balaban J connectivity index is 1.70. The summed E-state index contributed by atoms with van der Waals surface area (Å²) in [5.74, 6) is 0.215. The normalized spacial score (nSPS) is 11.8. The molecule has 0 N–H and O–H groups in total. The maximum absolute atomic E-state index is 12.6. The zero-order chi connectivity index (χ0) is 19.2. The van der Waals surface area contributed by atoms with Crippen molar-refractivity contribution in [3.8, 4) is 5.75 Å². The molecular weight excluding hydrogens is 546 g/mol. The Bertz CT molecular complexity index is 904. The number of halogens is 3. The summed E-state index contributed by atoms with van der Waals surface area (Å²) in [5, 5.41) is 0.328. The highest BCUT2D eigenvalue weighted by Crippen LogP contribution is 2.23. The Morgan fingerprint density at radius 3 is 2.70 bits per heavy atom. The summed E-state index contributed by atoms with van der Waals surface area (Å²) in [5.41, 5.74) is 0.310. The number of nitrogens with zero attached hydrogens (tertiary/aromatic N) is 2. The van der Waals surface area contributed by atoms with Crippen molar-refractivity contribution in [1.29, 1.82) is 0 Å². The van der Waals surface area contributed by atoms with Gasteiger partial charge in [-0.2, -0.15) is 0 Å². The number of ether oxygens (including phenoxy) is 2. The third-order valence-corrected chi connectivity index (χ3v) is 5.17. The van der Waals surface area contributed by atoms with Gasteiger partial charge in [0.2, 0.25) is 0 Å². The van der Waals surface area contributed by atoms with Crippen LogP contribution in [-0.4, -0.2) is 28.2 Å². The highest BCUT2D eigenvalue weighted by Gasteiger charge is 2.20. The molecule has 0 amide bonds. The van der Waals surface area contributed by atoms with Gasteiger partial charge in [-0.15, -0.1) is 0 Å². The van der Waals surface area contributed by atoms with Crippen LogP contribution in [0.5, 0.6) is 5.75 Å². The molecule has 0 bridgehead atoms. The van der Waals surface area contributed by atoms with Crippen LogP contribution in [0.1, 0.15) is 10.4 Å². The van der Waals surface area contributed by atoms with Crippen molar-refractivity contribution in [3.63, 3.8) is 0 Å². The van der Waals surface area contributed by atoms with Crippen molar-refractivity contribution in [3.05, 3.63) is 79.8 Å². The van der Waals surface area contributed by atoms with Crippen LogP contribution in [-0.2, 0) is 11.3 Å². The first-order valence-corrected chi connectivity index (χ1v) is 10.3. The second-order valence-electron chi connectivity index (χ2n) is 5.68. The van der Waals surface area contributed by atoms with Gasteiger partial charge in [0.05, 0.1) is 23.5 Å². The van der Waals surface area contributed by atoms with Crippen molar-refractivity contribution < 1.29 is 14.3 Å². The van der Waals surface area contributed by atoms with Crippen LogP contribution < -0.4 is 4.74 Å². The van der Waals surface area contributed by atoms with Gasteiger partial charge in [0.1, 0.15) is 12.4 Å². The van der Waals surface area contributed by atoms with E-state index in [1.54, 1.807) is 36.9 Å². The zero-order valence-corrected chi connectivity index (χ0v) is 18.5. The summed E-state index contributed by atoms with van der Waals surface area (Å²) >= 11 is 11.7. The van der Waals surface area contributed by atoms with E-state index < -0.39 is 12.1 Å². The molecule has 1 atom stereocenters. The van der Waals surface area contributed by atoms with Crippen LogP contribution in [0.2, 0.25) is 5.02 Å². The summed E-state index contributed by atoms with van der Waals surface area (Å²) in [7, 11) is 0. The van der Waals surface area contributed by atoms with Gasteiger partial charge in [0, 0.05) is 20.4 Å². The Hall–Kier alpha value is -1.58. The molecule has 0 fully saturated rings. The van der Waals surface area contributed by atoms with Gasteiger partial charge in [0.25, 0.3) is 0 Å². The van der Waals surface area contributed by atoms with Gasteiger partial charge >= 0.3 is 5.97 Å². The molecule has 0 aliphatic heterocycles. The fourth-order valence-corrected chi connectivity index (χ4v) is 3.45. The first kappa shape index (κ1) is 20.2. The van der Waals surface area contributed by atoms with Gasteiger partial charge < -0.3 is 14.0 Å². The number of hydrogen-bond donors (Lipinski definition) is 0. The summed E-state index contributed by atoms with van der Waals surface area (Å²) in [6, 6.07) is 12.7. The number of rotatable bonds is 7. The summed E-state index contributed by atoms with van der Waals surface area (Å²) in [6.07, 6.45) is 4.63. The SMILES string of the molecule is O=C(O[C@@H](COc1ccc(I)cc1)Cn1ccnc1)c1ccc(Br)cc1Cl. The van der Waals surface area contributed by atoms with Gasteiger partial charge in [-0.1, -0.05) is 27.5 Å². The van der Waals surface area contributed by atoms with E-state index in [1.807, 2.05) is 28.8 Å². The van der Waals surface area contributed by atoms with Crippen LogP contribution in [0, 0.1) is 3.57 Å². The standard InChI is InChI=1S/C19H15BrClIN2O3/c20-13-1-6-17(18(21)9-13)19(25)27-16(10-24-8-7-23-12-24)11-26-15-4-2-14(22)3-5-15/h1-9,12,16H,10-11H2/t16-/m1/s1. The summed E-state index contributed by atoms with van der Waals surface area (Å²) < 4.78 is 15.2. The number of carbonyl (C=O) groups is 1. The van der Waals surface area contributed by atoms with E-state index in [9.17, 15) is 4.79 Å². The van der Waals surface area contributed by atoms with Gasteiger partial charge in [-0.25, -0.2) is 9.78 Å². The smallest absolute Gasteiger partial charge is 0.340 e. The highest BCUT2D eigenvalue weighted by molar-refractivity contribution is 14.1. The van der Waals surface area contributed by atoms with E-state index >= 15 is 0 Å². The summed E-state index contributed by atoms with van der Waals surface area (Å²) in [6.45, 7) is 0.628. The number of esters is 1. The lowest BCUT2D eigenvalue weighted by molar-refractivity contribution is 0.0125. The van der Waals surface area contributed by atoms with E-state index in [0.717, 1.165) is 8.04 Å². The quantitative estimate of drug-likeness (QED) is 0.294. The minimum Gasteiger partial charge on any atom is -0.490 e. The third kappa shape index (κ3) is 5.95. The second-order valence-corrected chi connectivity index (χ2v) is 8.24. The average molecular weight is 562 g/mol. The topological polar surface area (TPSA) is 53.4 Å². The molecule has 0 aliphatic rings. The molecule has 0 unspecified atom stereocenters. The van der Waals surface area contributed by atoms with Crippen molar-refractivity contribution in [2.45, 2.75) is 12.6 Å². The first-order valence-electron chi connectivity index (χ1n) is 8.01. The fourth-order valence-electron chi connectivity index (χ4n) is 2.34. The minimum absolute atomic E-state index is 0.207. The van der Waals surface area contributed by atoms with Crippen molar-refractivity contribution in [1.82, 2.24) is 9.55 Å². The van der Waals surface area contributed by atoms with Crippen molar-refractivity contribution in [2.24, 2.45) is 0 Å². The van der Waals surface area contributed by atoms with Crippen LogP contribution in [0.25, 0.3) is 0 Å². The Labute approximate surface area is 183 Å². The molecule has 5 nitrogen and oxygen atoms in total. The maximum atomic E-state index is 12.6. The van der Waals surface area contributed by atoms with Crippen LogP contribution in [0.15, 0.2) is 65.7 Å². The molecule has 1 aromatic heterocycles. The Morgan fingerprint density at radius 2 is 2.04 bits per heavy atom. The first-order chi connectivity index (χ1) is 13.0. The molecule has 0 saturated carbocycles. The maximum Gasteiger partial charge on any atom is 0.340 e. The molecule has 3 aromatic rings. The molecule has 0 saturated heterocycles. The minimum atomic E-state index is -0.509. The number of hydrogen-bond acceptors (Lipinski definition) is 4. The lowest BCUT2D eigenvalue weighted by Crippen LogP contribution is -2.29. The van der Waals surface area contributed by atoms with E-state index in [4.69, 9.17) is 21.1 Å². The van der Waals surface area contributed by atoms with Gasteiger partial charge in [-0.3, -0.25) is 0 Å². The highest BCUT2D eigenvalue weighted by atomic mass is 127. The molecular formula is C19H15BrClIN2O3. The molecule has 8 heteroatoms. The molecule has 0 radical (unpaired) electrons. The van der Waals surface area contributed by atoms with Crippen molar-refractivity contribution >= 4 is 56.1 Å². The fraction of sp³-hybridized carbons (Fsp3) is 0.158. The number of benzene rings is 2. The van der Waals surface area contributed by atoms with Crippen LogP contribution >= 0.6 is 50.1 Å². The number of aromatic nitrogens is 2. The number of carbonyl (C=O) groups excluding carboxylic acids is 1. The molecule has 2 aromatic carbocycles. The van der Waals surface area contributed by atoms with E-state index in [2.05, 4.69) is 43.5 Å². The lowest BCUT2D eigenvalue weighted by Gasteiger charge is -2.19. The lowest BCUT2D eigenvalue weighted by atomic mass is 10.2. The average Bonchev–Trinajstić information content (AvgIpc) is 3.14. The molecule has 0 spiro atoms. The largest absolute Gasteiger partial charge is 0.490 e. The van der Waals surface area contributed by atoms with Gasteiger partial charge in [0.15, 0.2) is 6.10 Å². The zero-order valence-electron chi connectivity index (χ0n) is 14.0. The number of imidazole rings is 1. The van der Waals surface area contributed by atoms with Gasteiger partial charge in [-0.05, 0) is 65.1 Å². The Kier molecular flexibility index (Phi) is 7.14. The van der Waals surface area contributed by atoms with E-state index in [1.165, 1.54) is 0 Å². The second kappa shape index (κ2) is 9.57. The molecule has 27 heavy (non-hydrogen) atoms. The van der Waals surface area contributed by atoms with Crippen LogP contribution in [0.4, 0.5) is 0 Å². The molecule has 3 rings (SSSR count). The third-order valence-electron chi connectivity index (χ3n) is 3.65. The summed E-state index contributed by atoms with van der Waals surface area (Å²) in [4.78, 5) is 16.6. The van der Waals surface area contributed by atoms with E-state index in [0.29, 0.717) is 22.9 Å².